The maximum atomic E-state index is 12.3. The Hall–Kier alpha value is -3.39. The lowest BCUT2D eigenvalue weighted by Gasteiger charge is -2.08. The number of thioether (sulfide) groups is 1. The van der Waals surface area contributed by atoms with Gasteiger partial charge in [-0.15, -0.1) is 0 Å². The van der Waals surface area contributed by atoms with Crippen LogP contribution >= 0.6 is 11.8 Å². The molecule has 0 bridgehead atoms. The molecule has 8 heteroatoms. The fourth-order valence-corrected chi connectivity index (χ4v) is 4.30. The monoisotopic (exact) mass is 449 g/mol. The van der Waals surface area contributed by atoms with Crippen molar-refractivity contribution < 1.29 is 18.8 Å². The highest BCUT2D eigenvalue weighted by Gasteiger charge is 2.31. The summed E-state index contributed by atoms with van der Waals surface area (Å²) in [7, 11) is 0. The van der Waals surface area contributed by atoms with Crippen molar-refractivity contribution in [2.75, 3.05) is 6.54 Å². The molecule has 4 rings (SSSR count). The first kappa shape index (κ1) is 21.8. The number of carbonyl (C=O) groups is 3. The van der Waals surface area contributed by atoms with Gasteiger partial charge in [0.05, 0.1) is 17.4 Å². The van der Waals surface area contributed by atoms with Crippen molar-refractivity contribution in [1.82, 2.24) is 15.6 Å². The predicted molar refractivity (Wildman–Crippen MR) is 122 cm³/mol. The van der Waals surface area contributed by atoms with Gasteiger partial charge in [-0.25, -0.2) is 4.98 Å². The summed E-state index contributed by atoms with van der Waals surface area (Å²) in [5, 5.41) is 4.57. The lowest BCUT2D eigenvalue weighted by Crippen LogP contribution is -2.27. The van der Waals surface area contributed by atoms with E-state index in [0.29, 0.717) is 36.7 Å². The van der Waals surface area contributed by atoms with Crippen LogP contribution < -0.4 is 10.6 Å². The van der Waals surface area contributed by atoms with E-state index in [1.54, 1.807) is 0 Å². The molecule has 0 radical (unpaired) electrons. The number of imide groups is 1. The lowest BCUT2D eigenvalue weighted by atomic mass is 10.1. The van der Waals surface area contributed by atoms with E-state index < -0.39 is 0 Å². The lowest BCUT2D eigenvalue weighted by molar-refractivity contribution is -0.120. The number of nitrogens with zero attached hydrogens (tertiary/aromatic N) is 1. The standard InChI is InChI=1S/C24H23N3O4S/c1-15-19(26-23(31-15)18-5-3-2-4-6-18)14-21(28)25-12-11-16-7-9-17(10-8-16)13-20-22(29)27-24(30)32-20/h2-10,20H,11-14H2,1H3,(H,25,28)(H,27,29,30)/t20-/m1/s1. The molecule has 0 saturated carbocycles. The summed E-state index contributed by atoms with van der Waals surface area (Å²) in [5.41, 5.74) is 3.59. The van der Waals surface area contributed by atoms with Gasteiger partial charge in [-0.2, -0.15) is 0 Å². The molecule has 3 aromatic rings. The quantitative estimate of drug-likeness (QED) is 0.546. The molecule has 7 nitrogen and oxygen atoms in total. The molecule has 3 amide bonds. The van der Waals surface area contributed by atoms with Gasteiger partial charge in [0.1, 0.15) is 5.76 Å². The second kappa shape index (κ2) is 9.82. The third kappa shape index (κ3) is 5.45. The topological polar surface area (TPSA) is 101 Å². The molecule has 1 aromatic heterocycles. The van der Waals surface area contributed by atoms with Gasteiger partial charge >= 0.3 is 0 Å². The fraction of sp³-hybridized carbons (Fsp3) is 0.250. The zero-order valence-corrected chi connectivity index (χ0v) is 18.4. The predicted octanol–water partition coefficient (Wildman–Crippen LogP) is 3.45. The molecule has 1 fully saturated rings. The van der Waals surface area contributed by atoms with Crippen molar-refractivity contribution in [3.8, 4) is 11.5 Å². The average molecular weight is 450 g/mol. The minimum Gasteiger partial charge on any atom is -0.441 e. The first-order valence-corrected chi connectivity index (χ1v) is 11.2. The first-order chi connectivity index (χ1) is 15.5. The van der Waals surface area contributed by atoms with Crippen molar-refractivity contribution >= 4 is 28.8 Å². The second-order valence-corrected chi connectivity index (χ2v) is 8.74. The van der Waals surface area contributed by atoms with Crippen molar-refractivity contribution in [2.24, 2.45) is 0 Å². The Bertz CT molecular complexity index is 1130. The largest absolute Gasteiger partial charge is 0.441 e. The normalized spacial score (nSPS) is 15.6. The summed E-state index contributed by atoms with van der Waals surface area (Å²) in [6.07, 6.45) is 1.37. The minimum atomic E-state index is -0.366. The molecule has 1 atom stereocenters. The number of carbonyl (C=O) groups excluding carboxylic acids is 3. The zero-order valence-electron chi connectivity index (χ0n) is 17.6. The fourth-order valence-electron chi connectivity index (χ4n) is 3.44. The van der Waals surface area contributed by atoms with E-state index in [1.807, 2.05) is 61.5 Å². The molecule has 1 aliphatic heterocycles. The van der Waals surface area contributed by atoms with Gasteiger partial charge in [0.15, 0.2) is 0 Å². The second-order valence-electron chi connectivity index (χ2n) is 7.57. The van der Waals surface area contributed by atoms with E-state index in [9.17, 15) is 14.4 Å². The number of aromatic nitrogens is 1. The van der Waals surface area contributed by atoms with Gasteiger partial charge in [0, 0.05) is 12.1 Å². The Morgan fingerprint density at radius 1 is 1.09 bits per heavy atom. The molecule has 2 heterocycles. The Balaban J connectivity index is 1.24. The van der Waals surface area contributed by atoms with Gasteiger partial charge in [0.25, 0.3) is 5.24 Å². The molecule has 0 aliphatic carbocycles. The van der Waals surface area contributed by atoms with Crippen molar-refractivity contribution in [3.05, 3.63) is 77.2 Å². The molecule has 1 saturated heterocycles. The van der Waals surface area contributed by atoms with Crippen LogP contribution in [0.25, 0.3) is 11.5 Å². The van der Waals surface area contributed by atoms with Crippen molar-refractivity contribution in [1.29, 1.82) is 0 Å². The van der Waals surface area contributed by atoms with E-state index in [2.05, 4.69) is 15.6 Å². The summed E-state index contributed by atoms with van der Waals surface area (Å²) in [4.78, 5) is 39.8. The smallest absolute Gasteiger partial charge is 0.286 e. The minimum absolute atomic E-state index is 0.105. The number of nitrogens with one attached hydrogen (secondary N) is 2. The third-order valence-electron chi connectivity index (χ3n) is 5.19. The SMILES string of the molecule is Cc1oc(-c2ccccc2)nc1CC(=O)NCCc1ccc(C[C@H]2SC(=O)NC2=O)cc1. The summed E-state index contributed by atoms with van der Waals surface area (Å²) in [6.45, 7) is 2.32. The van der Waals surface area contributed by atoms with Gasteiger partial charge in [0.2, 0.25) is 17.7 Å². The van der Waals surface area contributed by atoms with Gasteiger partial charge in [-0.3, -0.25) is 19.7 Å². The maximum absolute atomic E-state index is 12.3. The van der Waals surface area contributed by atoms with E-state index in [-0.39, 0.29) is 28.7 Å². The summed E-state index contributed by atoms with van der Waals surface area (Å²) < 4.78 is 5.71. The Labute approximate surface area is 190 Å². The number of hydrogen-bond donors (Lipinski definition) is 2. The number of hydrogen-bond acceptors (Lipinski definition) is 6. The molecule has 0 spiro atoms. The molecule has 1 aliphatic rings. The maximum Gasteiger partial charge on any atom is 0.286 e. The summed E-state index contributed by atoms with van der Waals surface area (Å²) in [6, 6.07) is 17.5. The Morgan fingerprint density at radius 3 is 2.50 bits per heavy atom. The number of oxazole rings is 1. The van der Waals surface area contributed by atoms with E-state index in [1.165, 1.54) is 0 Å². The number of benzene rings is 2. The number of amides is 3. The van der Waals surface area contributed by atoms with Gasteiger partial charge in [-0.1, -0.05) is 54.2 Å². The molecule has 2 N–H and O–H groups in total. The van der Waals surface area contributed by atoms with Crippen LogP contribution in [0.1, 0.15) is 22.6 Å². The summed E-state index contributed by atoms with van der Waals surface area (Å²) >= 11 is 1.03. The highest BCUT2D eigenvalue weighted by molar-refractivity contribution is 8.15. The van der Waals surface area contributed by atoms with Crippen LogP contribution in [0, 0.1) is 6.92 Å². The molecule has 32 heavy (non-hydrogen) atoms. The number of rotatable bonds is 8. The van der Waals surface area contributed by atoms with Crippen LogP contribution in [-0.2, 0) is 28.9 Å². The van der Waals surface area contributed by atoms with Crippen LogP contribution in [0.2, 0.25) is 0 Å². The van der Waals surface area contributed by atoms with Gasteiger partial charge in [-0.05, 0) is 43.0 Å². The van der Waals surface area contributed by atoms with E-state index >= 15 is 0 Å². The van der Waals surface area contributed by atoms with Crippen molar-refractivity contribution in [3.63, 3.8) is 0 Å². The highest BCUT2D eigenvalue weighted by Crippen LogP contribution is 2.23. The van der Waals surface area contributed by atoms with Crippen LogP contribution in [0.15, 0.2) is 59.0 Å². The van der Waals surface area contributed by atoms with Crippen LogP contribution in [0.5, 0.6) is 0 Å². The average Bonchev–Trinajstić information content (AvgIpc) is 3.30. The zero-order chi connectivity index (χ0) is 22.5. The Kier molecular flexibility index (Phi) is 6.70. The molecule has 164 valence electrons. The molecular formula is C24H23N3O4S. The molecule has 2 aromatic carbocycles. The highest BCUT2D eigenvalue weighted by atomic mass is 32.2. The van der Waals surface area contributed by atoms with Gasteiger partial charge < -0.3 is 9.73 Å². The van der Waals surface area contributed by atoms with E-state index in [4.69, 9.17) is 4.42 Å². The number of aryl methyl sites for hydroxylation is 1. The third-order valence-corrected chi connectivity index (χ3v) is 6.17. The van der Waals surface area contributed by atoms with Crippen LogP contribution in [-0.4, -0.2) is 33.8 Å². The first-order valence-electron chi connectivity index (χ1n) is 10.4. The molecular weight excluding hydrogens is 426 g/mol. The molecule has 0 unspecified atom stereocenters. The Morgan fingerprint density at radius 2 is 1.81 bits per heavy atom. The summed E-state index contributed by atoms with van der Waals surface area (Å²) in [5.74, 6) is 0.825. The van der Waals surface area contributed by atoms with Crippen molar-refractivity contribution in [2.45, 2.75) is 31.4 Å². The van der Waals surface area contributed by atoms with E-state index in [0.717, 1.165) is 28.5 Å². The van der Waals surface area contributed by atoms with Crippen LogP contribution in [0.4, 0.5) is 4.79 Å². The van der Waals surface area contributed by atoms with Crippen LogP contribution in [0.3, 0.4) is 0 Å².